The number of benzene rings is 2. The van der Waals surface area contributed by atoms with Crippen molar-refractivity contribution in [1.82, 2.24) is 9.78 Å². The third kappa shape index (κ3) is 11.2. The van der Waals surface area contributed by atoms with Gasteiger partial charge in [0.15, 0.2) is 11.6 Å². The highest BCUT2D eigenvalue weighted by atomic mass is 16.5. The topological polar surface area (TPSA) is 90.3 Å². The van der Waals surface area contributed by atoms with Crippen LogP contribution < -0.4 is 5.32 Å². The zero-order valence-corrected chi connectivity index (χ0v) is 27.4. The Bertz CT molecular complexity index is 1340. The predicted molar refractivity (Wildman–Crippen MR) is 177 cm³/mol. The third-order valence-electron chi connectivity index (χ3n) is 8.26. The molecular weight excluding hydrogens is 550 g/mol. The molecule has 2 fully saturated rings. The van der Waals surface area contributed by atoms with Crippen LogP contribution in [0.1, 0.15) is 123 Å². The number of aromatic nitrogens is 2. The van der Waals surface area contributed by atoms with Gasteiger partial charge >= 0.3 is 0 Å². The van der Waals surface area contributed by atoms with Gasteiger partial charge < -0.3 is 10.1 Å². The summed E-state index contributed by atoms with van der Waals surface area (Å²) < 4.78 is 7.17. The van der Waals surface area contributed by atoms with Crippen molar-refractivity contribution < 1.29 is 19.1 Å². The second-order valence-electron chi connectivity index (χ2n) is 11.8. The van der Waals surface area contributed by atoms with Gasteiger partial charge in [0.05, 0.1) is 12.7 Å². The van der Waals surface area contributed by atoms with Crippen LogP contribution in [0.2, 0.25) is 0 Å². The molecule has 0 radical (unpaired) electrons. The fourth-order valence-electron chi connectivity index (χ4n) is 5.50. The van der Waals surface area contributed by atoms with Gasteiger partial charge in [0, 0.05) is 19.5 Å². The number of hydrogen-bond acceptors (Lipinski definition) is 5. The van der Waals surface area contributed by atoms with Crippen molar-refractivity contribution in [1.29, 1.82) is 0 Å². The van der Waals surface area contributed by atoms with Crippen LogP contribution in [0.25, 0.3) is 0 Å². The zero-order valence-electron chi connectivity index (χ0n) is 27.4. The van der Waals surface area contributed by atoms with Crippen LogP contribution in [0.3, 0.4) is 0 Å². The summed E-state index contributed by atoms with van der Waals surface area (Å²) >= 11 is 0. The van der Waals surface area contributed by atoms with E-state index in [1.54, 1.807) is 0 Å². The highest BCUT2D eigenvalue weighted by Gasteiger charge is 2.19. The Morgan fingerprint density at radius 3 is 2.20 bits per heavy atom. The molecule has 5 rings (SSSR count). The fraction of sp³-hybridized carbons (Fsp3) is 0.514. The van der Waals surface area contributed by atoms with E-state index in [4.69, 9.17) is 4.74 Å². The predicted octanol–water partition coefficient (Wildman–Crippen LogP) is 8.53. The summed E-state index contributed by atoms with van der Waals surface area (Å²) in [5.41, 5.74) is 4.75. The van der Waals surface area contributed by atoms with Gasteiger partial charge in [-0.1, -0.05) is 94.8 Å². The van der Waals surface area contributed by atoms with Crippen molar-refractivity contribution in [3.05, 3.63) is 82.7 Å². The standard InChI is InChI=1S/C22H27N3O3.C13H18O.C2H6/c1-14-7-9-18(10-8-17-5-4-6-17)20(11-14)23-22(28)13-25-21(16(3)27)12-19(24-25)15(2)26;1-3-7-12(8-4-1)11-14-13-9-5-2-6-10-13;1-2/h7,9,11-12,17H,4-6,8,10,13H2,1-3H3,(H,23,28);1,3-4,7-8,13H,2,5-6,9-11H2;1-2H3. The maximum atomic E-state index is 12.6. The number of carbonyl (C=O) groups excluding carboxylic acids is 3. The van der Waals surface area contributed by atoms with E-state index in [0.717, 1.165) is 42.2 Å². The molecule has 2 aromatic carbocycles. The Labute approximate surface area is 263 Å². The fourth-order valence-corrected chi connectivity index (χ4v) is 5.50. The molecule has 2 aliphatic rings. The number of amides is 1. The molecule has 0 unspecified atom stereocenters. The molecule has 2 saturated carbocycles. The van der Waals surface area contributed by atoms with Crippen molar-refractivity contribution in [3.8, 4) is 0 Å². The molecule has 1 N–H and O–H groups in total. The van der Waals surface area contributed by atoms with Gasteiger partial charge in [-0.05, 0) is 67.3 Å². The minimum absolute atomic E-state index is 0.113. The van der Waals surface area contributed by atoms with Gasteiger partial charge in [-0.2, -0.15) is 5.10 Å². The summed E-state index contributed by atoms with van der Waals surface area (Å²) in [5, 5.41) is 7.08. The molecule has 0 saturated heterocycles. The molecule has 7 heteroatoms. The molecule has 44 heavy (non-hydrogen) atoms. The van der Waals surface area contributed by atoms with Crippen LogP contribution in [0.5, 0.6) is 0 Å². The maximum Gasteiger partial charge on any atom is 0.246 e. The average Bonchev–Trinajstić information content (AvgIpc) is 3.43. The number of nitrogens with one attached hydrogen (secondary N) is 1. The van der Waals surface area contributed by atoms with Crippen molar-refractivity contribution >= 4 is 23.2 Å². The molecule has 2 aliphatic carbocycles. The molecule has 1 heterocycles. The molecule has 3 aromatic rings. The lowest BCUT2D eigenvalue weighted by atomic mass is 9.81. The molecule has 0 bridgehead atoms. The first kappa shape index (κ1) is 34.9. The molecule has 0 spiro atoms. The Balaban J connectivity index is 0.000000276. The first-order chi connectivity index (χ1) is 21.3. The van der Waals surface area contributed by atoms with Crippen LogP contribution in [-0.2, 0) is 29.1 Å². The second-order valence-corrected chi connectivity index (χ2v) is 11.8. The first-order valence-corrected chi connectivity index (χ1v) is 16.4. The molecule has 1 amide bonds. The van der Waals surface area contributed by atoms with E-state index < -0.39 is 0 Å². The number of ether oxygens (including phenoxy) is 1. The van der Waals surface area contributed by atoms with Gasteiger partial charge in [-0.15, -0.1) is 0 Å². The smallest absolute Gasteiger partial charge is 0.246 e. The normalized spacial score (nSPS) is 14.8. The van der Waals surface area contributed by atoms with Crippen LogP contribution in [0, 0.1) is 12.8 Å². The van der Waals surface area contributed by atoms with Gasteiger partial charge in [-0.3, -0.25) is 19.1 Å². The SMILES string of the molecule is CC.CC(=O)c1cc(C(C)=O)n(CC(=O)Nc2cc(C)ccc2CCC2CCC2)n1.c1ccc(COC2CCCCC2)cc1. The van der Waals surface area contributed by atoms with Crippen LogP contribution in [0.4, 0.5) is 5.69 Å². The van der Waals surface area contributed by atoms with Crippen molar-refractivity contribution in [3.63, 3.8) is 0 Å². The number of carbonyl (C=O) groups is 3. The summed E-state index contributed by atoms with van der Waals surface area (Å²) in [6, 6.07) is 18.0. The lowest BCUT2D eigenvalue weighted by Gasteiger charge is -2.25. The monoisotopic (exact) mass is 601 g/mol. The van der Waals surface area contributed by atoms with Crippen LogP contribution >= 0.6 is 0 Å². The van der Waals surface area contributed by atoms with Gasteiger partial charge in [0.25, 0.3) is 0 Å². The number of anilines is 1. The number of hydrogen-bond donors (Lipinski definition) is 1. The number of Topliss-reactive ketones (excluding diaryl/α,β-unsaturated/α-hetero) is 2. The molecule has 238 valence electrons. The Hall–Kier alpha value is -3.58. The van der Waals surface area contributed by atoms with E-state index in [-0.39, 0.29) is 35.4 Å². The molecule has 0 atom stereocenters. The number of aryl methyl sites for hydroxylation is 2. The Morgan fingerprint density at radius 2 is 1.59 bits per heavy atom. The van der Waals surface area contributed by atoms with Gasteiger partial charge in [0.2, 0.25) is 5.91 Å². The molecule has 0 aliphatic heterocycles. The summed E-state index contributed by atoms with van der Waals surface area (Å²) in [5.74, 6) is 0.0661. The number of nitrogens with zero attached hydrogens (tertiary/aromatic N) is 2. The third-order valence-corrected chi connectivity index (χ3v) is 8.26. The minimum Gasteiger partial charge on any atom is -0.374 e. The molecule has 7 nitrogen and oxygen atoms in total. The van der Waals surface area contributed by atoms with E-state index in [1.165, 1.54) is 81.5 Å². The summed E-state index contributed by atoms with van der Waals surface area (Å²) in [6.07, 6.45) is 13.1. The number of rotatable bonds is 11. The minimum atomic E-state index is -0.267. The second kappa shape index (κ2) is 18.3. The summed E-state index contributed by atoms with van der Waals surface area (Å²) in [4.78, 5) is 36.0. The Morgan fingerprint density at radius 1 is 0.886 bits per heavy atom. The summed E-state index contributed by atoms with van der Waals surface area (Å²) in [7, 11) is 0. The van der Waals surface area contributed by atoms with Crippen LogP contribution in [-0.4, -0.2) is 33.4 Å². The highest BCUT2D eigenvalue weighted by molar-refractivity contribution is 5.98. The van der Waals surface area contributed by atoms with E-state index in [9.17, 15) is 14.4 Å². The number of ketones is 2. The molecular formula is C37H51N3O4. The van der Waals surface area contributed by atoms with Crippen LogP contribution in [0.15, 0.2) is 54.6 Å². The zero-order chi connectivity index (χ0) is 31.9. The van der Waals surface area contributed by atoms with Crippen molar-refractivity contribution in [2.24, 2.45) is 5.92 Å². The lowest BCUT2D eigenvalue weighted by molar-refractivity contribution is -0.116. The van der Waals surface area contributed by atoms with E-state index in [2.05, 4.69) is 46.8 Å². The lowest BCUT2D eigenvalue weighted by Crippen LogP contribution is -2.23. The maximum absolute atomic E-state index is 12.6. The highest BCUT2D eigenvalue weighted by Crippen LogP contribution is 2.32. The van der Waals surface area contributed by atoms with Gasteiger partial charge in [0.1, 0.15) is 17.9 Å². The first-order valence-electron chi connectivity index (χ1n) is 16.4. The summed E-state index contributed by atoms with van der Waals surface area (Å²) in [6.45, 7) is 9.45. The molecule has 1 aromatic heterocycles. The van der Waals surface area contributed by atoms with E-state index >= 15 is 0 Å². The largest absolute Gasteiger partial charge is 0.374 e. The van der Waals surface area contributed by atoms with Crippen molar-refractivity contribution in [2.75, 3.05) is 5.32 Å². The van der Waals surface area contributed by atoms with E-state index in [1.807, 2.05) is 32.9 Å². The average molecular weight is 602 g/mol. The van der Waals surface area contributed by atoms with E-state index in [0.29, 0.717) is 6.10 Å². The van der Waals surface area contributed by atoms with Crippen molar-refractivity contribution in [2.45, 2.75) is 118 Å². The Kier molecular flexibility index (Phi) is 14.5. The quantitative estimate of drug-likeness (QED) is 0.223. The van der Waals surface area contributed by atoms with Gasteiger partial charge in [-0.25, -0.2) is 0 Å².